The topological polar surface area (TPSA) is 47.1 Å². The second-order valence-corrected chi connectivity index (χ2v) is 7.67. The Kier molecular flexibility index (Phi) is 6.98. The zero-order valence-corrected chi connectivity index (χ0v) is 17.3. The Morgan fingerprint density at radius 1 is 1.03 bits per heavy atom. The highest BCUT2D eigenvalue weighted by atomic mass is 16.5. The van der Waals surface area contributed by atoms with E-state index >= 15 is 0 Å². The summed E-state index contributed by atoms with van der Waals surface area (Å²) in [6, 6.07) is 10.5. The van der Waals surface area contributed by atoms with Gasteiger partial charge < -0.3 is 14.2 Å². The number of methoxy groups -OCH3 is 1. The third-order valence-electron chi connectivity index (χ3n) is 5.70. The normalized spacial score (nSPS) is 18.1. The van der Waals surface area contributed by atoms with Gasteiger partial charge in [0.05, 0.1) is 20.3 Å². The Hall–Kier alpha value is -2.15. The van der Waals surface area contributed by atoms with E-state index in [0.717, 1.165) is 69.4 Å². The van der Waals surface area contributed by atoms with Crippen molar-refractivity contribution in [2.24, 2.45) is 0 Å². The SMILES string of the molecule is COc1ncccc1-c1ccc(OCCN2CCOCC2)c(CN2CCCC2)c1. The fourth-order valence-electron chi connectivity index (χ4n) is 4.08. The van der Waals surface area contributed by atoms with Gasteiger partial charge >= 0.3 is 0 Å². The number of likely N-dealkylation sites (tertiary alicyclic amines) is 1. The van der Waals surface area contributed by atoms with E-state index in [-0.39, 0.29) is 0 Å². The quantitative estimate of drug-likeness (QED) is 0.682. The monoisotopic (exact) mass is 397 g/mol. The molecule has 6 heteroatoms. The molecule has 0 spiro atoms. The van der Waals surface area contributed by atoms with E-state index in [0.29, 0.717) is 12.5 Å². The maximum absolute atomic E-state index is 6.24. The van der Waals surface area contributed by atoms with Gasteiger partial charge in [-0.05, 0) is 55.8 Å². The van der Waals surface area contributed by atoms with E-state index in [1.165, 1.54) is 18.4 Å². The standard InChI is InChI=1S/C23H31N3O3/c1-27-23-21(5-4-8-24-23)19-6-7-22(20(17-19)18-26-9-2-3-10-26)29-16-13-25-11-14-28-15-12-25/h4-8,17H,2-3,9-16,18H2,1H3. The number of benzene rings is 1. The fourth-order valence-corrected chi connectivity index (χ4v) is 4.08. The first-order chi connectivity index (χ1) is 14.3. The molecule has 0 N–H and O–H groups in total. The summed E-state index contributed by atoms with van der Waals surface area (Å²) in [7, 11) is 1.67. The summed E-state index contributed by atoms with van der Waals surface area (Å²) in [5, 5.41) is 0. The number of nitrogens with zero attached hydrogens (tertiary/aromatic N) is 3. The molecule has 6 nitrogen and oxygen atoms in total. The first kappa shape index (κ1) is 20.1. The predicted octanol–water partition coefficient (Wildman–Crippen LogP) is 3.06. The summed E-state index contributed by atoms with van der Waals surface area (Å²) in [5.41, 5.74) is 3.36. The van der Waals surface area contributed by atoms with Crippen LogP contribution in [0.3, 0.4) is 0 Å². The van der Waals surface area contributed by atoms with Crippen molar-refractivity contribution in [1.29, 1.82) is 0 Å². The van der Waals surface area contributed by atoms with Crippen LogP contribution in [0.4, 0.5) is 0 Å². The number of pyridine rings is 1. The number of hydrogen-bond donors (Lipinski definition) is 0. The van der Waals surface area contributed by atoms with E-state index in [2.05, 4.69) is 39.0 Å². The first-order valence-electron chi connectivity index (χ1n) is 10.6. The number of aromatic nitrogens is 1. The lowest BCUT2D eigenvalue weighted by atomic mass is 10.0. The summed E-state index contributed by atoms with van der Waals surface area (Å²) >= 11 is 0. The summed E-state index contributed by atoms with van der Waals surface area (Å²) in [4.78, 5) is 9.26. The summed E-state index contributed by atoms with van der Waals surface area (Å²) in [6.45, 7) is 8.50. The Balaban J connectivity index is 1.51. The van der Waals surface area contributed by atoms with E-state index in [4.69, 9.17) is 14.2 Å². The molecule has 1 aromatic heterocycles. The van der Waals surface area contributed by atoms with E-state index in [1.54, 1.807) is 13.3 Å². The van der Waals surface area contributed by atoms with Gasteiger partial charge in [0.2, 0.25) is 5.88 Å². The molecule has 4 rings (SSSR count). The zero-order valence-electron chi connectivity index (χ0n) is 17.3. The van der Waals surface area contributed by atoms with Gasteiger partial charge in [-0.3, -0.25) is 9.80 Å². The highest BCUT2D eigenvalue weighted by Crippen LogP contribution is 2.32. The second kappa shape index (κ2) is 10.1. The molecule has 0 atom stereocenters. The van der Waals surface area contributed by atoms with Crippen LogP contribution >= 0.6 is 0 Å². The van der Waals surface area contributed by atoms with Crippen LogP contribution in [0.15, 0.2) is 36.5 Å². The second-order valence-electron chi connectivity index (χ2n) is 7.67. The fraction of sp³-hybridized carbons (Fsp3) is 0.522. The van der Waals surface area contributed by atoms with Crippen molar-refractivity contribution in [3.05, 3.63) is 42.1 Å². The van der Waals surface area contributed by atoms with Crippen LogP contribution in [0.25, 0.3) is 11.1 Å². The van der Waals surface area contributed by atoms with Gasteiger partial charge in [0.25, 0.3) is 0 Å². The van der Waals surface area contributed by atoms with Crippen molar-refractivity contribution in [1.82, 2.24) is 14.8 Å². The van der Waals surface area contributed by atoms with E-state index < -0.39 is 0 Å². The number of ether oxygens (including phenoxy) is 3. The number of rotatable bonds is 8. The average molecular weight is 398 g/mol. The molecule has 0 amide bonds. The van der Waals surface area contributed by atoms with Crippen LogP contribution in [0.2, 0.25) is 0 Å². The summed E-state index contributed by atoms with van der Waals surface area (Å²) < 4.78 is 17.1. The van der Waals surface area contributed by atoms with Gasteiger partial charge in [-0.1, -0.05) is 6.07 Å². The molecule has 156 valence electrons. The van der Waals surface area contributed by atoms with Gasteiger partial charge in [0.15, 0.2) is 0 Å². The maximum atomic E-state index is 6.24. The van der Waals surface area contributed by atoms with Crippen LogP contribution in [-0.2, 0) is 11.3 Å². The van der Waals surface area contributed by atoms with Gasteiger partial charge in [-0.2, -0.15) is 0 Å². The third-order valence-corrected chi connectivity index (χ3v) is 5.70. The van der Waals surface area contributed by atoms with E-state index in [1.807, 2.05) is 6.07 Å². The van der Waals surface area contributed by atoms with Gasteiger partial charge in [-0.25, -0.2) is 4.98 Å². The lowest BCUT2D eigenvalue weighted by Gasteiger charge is -2.26. The third kappa shape index (κ3) is 5.26. The van der Waals surface area contributed by atoms with Crippen molar-refractivity contribution < 1.29 is 14.2 Å². The Bertz CT molecular complexity index is 787. The molecule has 29 heavy (non-hydrogen) atoms. The average Bonchev–Trinajstić information content (AvgIpc) is 3.28. The smallest absolute Gasteiger partial charge is 0.221 e. The molecule has 2 saturated heterocycles. The van der Waals surface area contributed by atoms with Crippen molar-refractivity contribution in [2.45, 2.75) is 19.4 Å². The Morgan fingerprint density at radius 2 is 1.86 bits per heavy atom. The molecule has 3 heterocycles. The number of morpholine rings is 1. The van der Waals surface area contributed by atoms with Gasteiger partial charge in [-0.15, -0.1) is 0 Å². The molecular weight excluding hydrogens is 366 g/mol. The van der Waals surface area contributed by atoms with Crippen LogP contribution in [0, 0.1) is 0 Å². The highest BCUT2D eigenvalue weighted by molar-refractivity contribution is 5.70. The molecule has 0 saturated carbocycles. The molecule has 2 aliphatic rings. The summed E-state index contributed by atoms with van der Waals surface area (Å²) in [5.74, 6) is 1.64. The van der Waals surface area contributed by atoms with Crippen molar-refractivity contribution in [3.8, 4) is 22.8 Å². The molecule has 1 aromatic carbocycles. The minimum absolute atomic E-state index is 0.653. The summed E-state index contributed by atoms with van der Waals surface area (Å²) in [6.07, 6.45) is 4.32. The lowest BCUT2D eigenvalue weighted by Crippen LogP contribution is -2.38. The highest BCUT2D eigenvalue weighted by Gasteiger charge is 2.17. The lowest BCUT2D eigenvalue weighted by molar-refractivity contribution is 0.0321. The molecule has 0 radical (unpaired) electrons. The van der Waals surface area contributed by atoms with Gasteiger partial charge in [0.1, 0.15) is 12.4 Å². The number of hydrogen-bond acceptors (Lipinski definition) is 6. The van der Waals surface area contributed by atoms with Crippen LogP contribution < -0.4 is 9.47 Å². The van der Waals surface area contributed by atoms with Crippen molar-refractivity contribution >= 4 is 0 Å². The molecule has 2 aromatic rings. The van der Waals surface area contributed by atoms with Crippen molar-refractivity contribution in [3.63, 3.8) is 0 Å². The van der Waals surface area contributed by atoms with Crippen LogP contribution in [0.1, 0.15) is 18.4 Å². The van der Waals surface area contributed by atoms with Crippen LogP contribution in [0.5, 0.6) is 11.6 Å². The molecular formula is C23H31N3O3. The molecule has 0 aliphatic carbocycles. The largest absolute Gasteiger partial charge is 0.492 e. The first-order valence-corrected chi connectivity index (χ1v) is 10.6. The Labute approximate surface area is 173 Å². The Morgan fingerprint density at radius 3 is 2.66 bits per heavy atom. The predicted molar refractivity (Wildman–Crippen MR) is 113 cm³/mol. The maximum Gasteiger partial charge on any atom is 0.221 e. The van der Waals surface area contributed by atoms with E-state index in [9.17, 15) is 0 Å². The van der Waals surface area contributed by atoms with Crippen molar-refractivity contribution in [2.75, 3.05) is 59.7 Å². The molecule has 2 aliphatic heterocycles. The zero-order chi connectivity index (χ0) is 19.9. The molecule has 2 fully saturated rings. The minimum Gasteiger partial charge on any atom is -0.492 e. The van der Waals surface area contributed by atoms with Crippen LogP contribution in [-0.4, -0.2) is 74.4 Å². The molecule has 0 bridgehead atoms. The molecule has 0 unspecified atom stereocenters. The van der Waals surface area contributed by atoms with Gasteiger partial charge in [0, 0.05) is 43.5 Å². The minimum atomic E-state index is 0.653.